The Morgan fingerprint density at radius 3 is 2.52 bits per heavy atom. The molecule has 0 saturated carbocycles. The SMILES string of the molecule is CCOc1ccccc1Oc1ccc(CNC(=NC)NCc2cc(C(C)C)no2)cn1. The summed E-state index contributed by atoms with van der Waals surface area (Å²) in [4.78, 5) is 8.62. The van der Waals surface area contributed by atoms with E-state index in [1.807, 2.05) is 49.4 Å². The molecule has 0 radical (unpaired) electrons. The van der Waals surface area contributed by atoms with Crippen LogP contribution >= 0.6 is 0 Å². The number of ether oxygens (including phenoxy) is 2. The van der Waals surface area contributed by atoms with Crippen LogP contribution in [0.3, 0.4) is 0 Å². The minimum absolute atomic E-state index is 0.335. The number of nitrogens with one attached hydrogen (secondary N) is 2. The van der Waals surface area contributed by atoms with E-state index >= 15 is 0 Å². The van der Waals surface area contributed by atoms with Crippen LogP contribution < -0.4 is 20.1 Å². The highest BCUT2D eigenvalue weighted by Crippen LogP contribution is 2.30. The highest BCUT2D eigenvalue weighted by molar-refractivity contribution is 5.79. The molecule has 0 unspecified atom stereocenters. The Bertz CT molecular complexity index is 983. The van der Waals surface area contributed by atoms with Crippen LogP contribution in [0.15, 0.2) is 58.2 Å². The predicted octanol–water partition coefficient (Wildman–Crippen LogP) is 4.25. The quantitative estimate of drug-likeness (QED) is 0.392. The van der Waals surface area contributed by atoms with Crippen molar-refractivity contribution in [2.45, 2.75) is 39.8 Å². The fourth-order valence-corrected chi connectivity index (χ4v) is 2.76. The third-order valence-electron chi connectivity index (χ3n) is 4.44. The predicted molar refractivity (Wildman–Crippen MR) is 120 cm³/mol. The molecule has 0 amide bonds. The second-order valence-corrected chi connectivity index (χ2v) is 7.14. The van der Waals surface area contributed by atoms with E-state index in [-0.39, 0.29) is 0 Å². The van der Waals surface area contributed by atoms with Crippen LogP contribution in [0.1, 0.15) is 43.7 Å². The van der Waals surface area contributed by atoms with E-state index < -0.39 is 0 Å². The molecular formula is C23H29N5O3. The summed E-state index contributed by atoms with van der Waals surface area (Å²) in [5.41, 5.74) is 1.94. The maximum atomic E-state index is 5.86. The van der Waals surface area contributed by atoms with Crippen LogP contribution in [-0.2, 0) is 13.1 Å². The molecule has 2 aromatic heterocycles. The van der Waals surface area contributed by atoms with Crippen LogP contribution in [0.2, 0.25) is 0 Å². The molecule has 0 saturated heterocycles. The van der Waals surface area contributed by atoms with Gasteiger partial charge in [-0.2, -0.15) is 0 Å². The third-order valence-corrected chi connectivity index (χ3v) is 4.44. The summed E-state index contributed by atoms with van der Waals surface area (Å²) in [6, 6.07) is 13.3. The molecule has 2 heterocycles. The summed E-state index contributed by atoms with van der Waals surface area (Å²) in [5.74, 6) is 3.60. The van der Waals surface area contributed by atoms with Gasteiger partial charge >= 0.3 is 0 Å². The summed E-state index contributed by atoms with van der Waals surface area (Å²) >= 11 is 0. The maximum absolute atomic E-state index is 5.86. The summed E-state index contributed by atoms with van der Waals surface area (Å²) in [5, 5.41) is 10.5. The van der Waals surface area contributed by atoms with E-state index in [1.165, 1.54) is 0 Å². The molecule has 31 heavy (non-hydrogen) atoms. The first-order chi connectivity index (χ1) is 15.1. The molecule has 3 aromatic rings. The molecule has 0 aliphatic heterocycles. The highest BCUT2D eigenvalue weighted by Gasteiger charge is 2.09. The first-order valence-corrected chi connectivity index (χ1v) is 10.3. The zero-order valence-corrected chi connectivity index (χ0v) is 18.4. The first kappa shape index (κ1) is 22.1. The number of aromatic nitrogens is 2. The zero-order chi connectivity index (χ0) is 22.1. The van der Waals surface area contributed by atoms with E-state index in [0.717, 1.165) is 17.0 Å². The Kier molecular flexibility index (Phi) is 7.86. The molecule has 0 atom stereocenters. The van der Waals surface area contributed by atoms with Crippen LogP contribution in [-0.4, -0.2) is 29.8 Å². The van der Waals surface area contributed by atoms with E-state index in [4.69, 9.17) is 14.0 Å². The van der Waals surface area contributed by atoms with Crippen molar-refractivity contribution < 1.29 is 14.0 Å². The van der Waals surface area contributed by atoms with Crippen molar-refractivity contribution in [1.29, 1.82) is 0 Å². The van der Waals surface area contributed by atoms with Gasteiger partial charge < -0.3 is 24.6 Å². The molecule has 0 bridgehead atoms. The Morgan fingerprint density at radius 2 is 1.87 bits per heavy atom. The zero-order valence-electron chi connectivity index (χ0n) is 18.4. The number of guanidine groups is 1. The van der Waals surface area contributed by atoms with Gasteiger partial charge in [-0.05, 0) is 30.5 Å². The normalized spacial score (nSPS) is 11.5. The minimum atomic E-state index is 0.335. The van der Waals surface area contributed by atoms with Gasteiger partial charge in [-0.15, -0.1) is 0 Å². The Balaban J connectivity index is 1.51. The lowest BCUT2D eigenvalue weighted by Gasteiger charge is -2.12. The van der Waals surface area contributed by atoms with Crippen molar-refractivity contribution in [3.8, 4) is 17.4 Å². The van der Waals surface area contributed by atoms with Crippen LogP contribution in [0.5, 0.6) is 17.4 Å². The number of para-hydroxylation sites is 2. The van der Waals surface area contributed by atoms with Gasteiger partial charge in [0.25, 0.3) is 0 Å². The summed E-state index contributed by atoms with van der Waals surface area (Å²) in [7, 11) is 1.72. The lowest BCUT2D eigenvalue weighted by molar-refractivity contribution is 0.319. The van der Waals surface area contributed by atoms with Crippen LogP contribution in [0.4, 0.5) is 0 Å². The van der Waals surface area contributed by atoms with Crippen molar-refractivity contribution in [2.75, 3.05) is 13.7 Å². The molecule has 0 spiro atoms. The smallest absolute Gasteiger partial charge is 0.219 e. The number of rotatable bonds is 9. The molecule has 3 rings (SSSR count). The number of hydrogen-bond acceptors (Lipinski definition) is 6. The van der Waals surface area contributed by atoms with E-state index in [1.54, 1.807) is 13.2 Å². The topological polar surface area (TPSA) is 93.8 Å². The molecule has 8 heteroatoms. The number of nitrogens with zero attached hydrogens (tertiary/aromatic N) is 3. The molecular weight excluding hydrogens is 394 g/mol. The Morgan fingerprint density at radius 1 is 1.10 bits per heavy atom. The van der Waals surface area contributed by atoms with Crippen molar-refractivity contribution >= 4 is 5.96 Å². The van der Waals surface area contributed by atoms with Gasteiger partial charge in [0, 0.05) is 31.9 Å². The van der Waals surface area contributed by atoms with Crippen molar-refractivity contribution in [1.82, 2.24) is 20.8 Å². The average molecular weight is 424 g/mol. The molecule has 0 aliphatic rings. The third kappa shape index (κ3) is 6.47. The Hall–Kier alpha value is -3.55. The Labute approximate surface area is 182 Å². The number of aliphatic imine (C=N–C) groups is 1. The summed E-state index contributed by atoms with van der Waals surface area (Å²) < 4.78 is 16.8. The van der Waals surface area contributed by atoms with Gasteiger partial charge in [-0.3, -0.25) is 4.99 Å². The number of benzene rings is 1. The molecule has 0 aliphatic carbocycles. The van der Waals surface area contributed by atoms with Gasteiger partial charge in [0.2, 0.25) is 5.88 Å². The number of hydrogen-bond donors (Lipinski definition) is 2. The largest absolute Gasteiger partial charge is 0.490 e. The van der Waals surface area contributed by atoms with E-state index in [9.17, 15) is 0 Å². The molecule has 8 nitrogen and oxygen atoms in total. The van der Waals surface area contributed by atoms with Gasteiger partial charge in [0.15, 0.2) is 23.2 Å². The van der Waals surface area contributed by atoms with Crippen molar-refractivity contribution in [2.24, 2.45) is 4.99 Å². The van der Waals surface area contributed by atoms with Gasteiger partial charge in [0.1, 0.15) is 0 Å². The van der Waals surface area contributed by atoms with Gasteiger partial charge in [-0.1, -0.05) is 37.2 Å². The van der Waals surface area contributed by atoms with Crippen molar-refractivity contribution in [3.05, 3.63) is 65.7 Å². The first-order valence-electron chi connectivity index (χ1n) is 10.3. The van der Waals surface area contributed by atoms with Crippen LogP contribution in [0.25, 0.3) is 0 Å². The summed E-state index contributed by atoms with van der Waals surface area (Å²) in [6.07, 6.45) is 1.77. The molecule has 2 N–H and O–H groups in total. The molecule has 0 fully saturated rings. The maximum Gasteiger partial charge on any atom is 0.219 e. The lowest BCUT2D eigenvalue weighted by atomic mass is 10.1. The fourth-order valence-electron chi connectivity index (χ4n) is 2.76. The van der Waals surface area contributed by atoms with Gasteiger partial charge in [0.05, 0.1) is 18.8 Å². The van der Waals surface area contributed by atoms with Crippen molar-refractivity contribution in [3.63, 3.8) is 0 Å². The van der Waals surface area contributed by atoms with E-state index in [0.29, 0.717) is 49.0 Å². The second kappa shape index (κ2) is 11.0. The second-order valence-electron chi connectivity index (χ2n) is 7.14. The molecule has 1 aromatic carbocycles. The highest BCUT2D eigenvalue weighted by atomic mass is 16.5. The average Bonchev–Trinajstić information content (AvgIpc) is 3.26. The lowest BCUT2D eigenvalue weighted by Crippen LogP contribution is -2.36. The van der Waals surface area contributed by atoms with Gasteiger partial charge in [-0.25, -0.2) is 4.98 Å². The monoisotopic (exact) mass is 423 g/mol. The molecule has 164 valence electrons. The summed E-state index contributed by atoms with van der Waals surface area (Å²) in [6.45, 7) is 7.74. The van der Waals surface area contributed by atoms with Crippen LogP contribution in [0, 0.1) is 0 Å². The van der Waals surface area contributed by atoms with E-state index in [2.05, 4.69) is 39.6 Å². The standard InChI is InChI=1S/C23H29N5O3/c1-5-29-20-8-6-7-9-21(20)30-22-11-10-17(13-25-22)14-26-23(24-4)27-15-18-12-19(16(2)3)28-31-18/h6-13,16H,5,14-15H2,1-4H3,(H2,24,26,27). The number of pyridine rings is 1. The fraction of sp³-hybridized carbons (Fsp3) is 0.348. The minimum Gasteiger partial charge on any atom is -0.490 e.